The van der Waals surface area contributed by atoms with Crippen LogP contribution in [0, 0.1) is 11.6 Å². The Morgan fingerprint density at radius 2 is 1.71 bits per heavy atom. The number of benzene rings is 1. The zero-order valence-electron chi connectivity index (χ0n) is 11.4. The molecule has 0 saturated carbocycles. The van der Waals surface area contributed by atoms with Crippen molar-refractivity contribution >= 4 is 0 Å². The van der Waals surface area contributed by atoms with Crippen molar-refractivity contribution in [3.63, 3.8) is 0 Å². The van der Waals surface area contributed by atoms with Gasteiger partial charge in [-0.2, -0.15) is 5.10 Å². The van der Waals surface area contributed by atoms with Crippen LogP contribution in [0.3, 0.4) is 0 Å². The number of rotatable bonds is 3. The van der Waals surface area contributed by atoms with Crippen LogP contribution in [0.4, 0.5) is 8.78 Å². The molecule has 2 aromatic heterocycles. The minimum absolute atomic E-state index is 0.100. The highest BCUT2D eigenvalue weighted by atomic mass is 19.1. The monoisotopic (exact) mass is 285 g/mol. The molecule has 0 amide bonds. The number of pyridine rings is 1. The molecule has 0 bridgehead atoms. The van der Waals surface area contributed by atoms with Crippen molar-refractivity contribution in [2.45, 2.75) is 13.5 Å². The molecule has 0 aliphatic rings. The summed E-state index contributed by atoms with van der Waals surface area (Å²) in [6.07, 6.45) is 5.07. The smallest absolute Gasteiger partial charge is 0.135 e. The Kier molecular flexibility index (Phi) is 3.48. The standard InChI is InChI=1S/C16H13F2N3/c1-2-21-10-12(11-6-8-19-9-7-11)16(20-21)15-13(17)4-3-5-14(15)18/h3-10H,2H2,1H3. The van der Waals surface area contributed by atoms with E-state index >= 15 is 0 Å². The Bertz CT molecular complexity index is 746. The lowest BCUT2D eigenvalue weighted by Gasteiger charge is -2.05. The van der Waals surface area contributed by atoms with Crippen LogP contribution in [-0.4, -0.2) is 14.8 Å². The van der Waals surface area contributed by atoms with Crippen LogP contribution in [0.15, 0.2) is 48.9 Å². The summed E-state index contributed by atoms with van der Waals surface area (Å²) < 4.78 is 29.8. The maximum Gasteiger partial charge on any atom is 0.135 e. The summed E-state index contributed by atoms with van der Waals surface area (Å²) in [4.78, 5) is 3.96. The fourth-order valence-electron chi connectivity index (χ4n) is 2.23. The summed E-state index contributed by atoms with van der Waals surface area (Å²) in [6.45, 7) is 2.54. The summed E-state index contributed by atoms with van der Waals surface area (Å²) >= 11 is 0. The van der Waals surface area contributed by atoms with Gasteiger partial charge in [0.15, 0.2) is 0 Å². The zero-order valence-corrected chi connectivity index (χ0v) is 11.4. The summed E-state index contributed by atoms with van der Waals surface area (Å²) in [5.41, 5.74) is 1.71. The molecule has 106 valence electrons. The lowest BCUT2D eigenvalue weighted by Crippen LogP contribution is -1.96. The van der Waals surface area contributed by atoms with Crippen molar-refractivity contribution in [3.8, 4) is 22.4 Å². The number of halogens is 2. The lowest BCUT2D eigenvalue weighted by atomic mass is 10.0. The van der Waals surface area contributed by atoms with E-state index in [0.29, 0.717) is 17.8 Å². The average Bonchev–Trinajstić information content (AvgIpc) is 2.92. The maximum absolute atomic E-state index is 14.0. The van der Waals surface area contributed by atoms with E-state index in [1.165, 1.54) is 18.2 Å². The van der Waals surface area contributed by atoms with Gasteiger partial charge < -0.3 is 0 Å². The van der Waals surface area contributed by atoms with Crippen LogP contribution >= 0.6 is 0 Å². The van der Waals surface area contributed by atoms with Gasteiger partial charge in [-0.15, -0.1) is 0 Å². The van der Waals surface area contributed by atoms with Gasteiger partial charge >= 0.3 is 0 Å². The molecular weight excluding hydrogens is 272 g/mol. The predicted molar refractivity (Wildman–Crippen MR) is 76.5 cm³/mol. The van der Waals surface area contributed by atoms with E-state index in [1.54, 1.807) is 35.4 Å². The molecule has 2 heterocycles. The first kappa shape index (κ1) is 13.4. The third-order valence-electron chi connectivity index (χ3n) is 3.28. The average molecular weight is 285 g/mol. The minimum Gasteiger partial charge on any atom is -0.272 e. The van der Waals surface area contributed by atoms with Crippen LogP contribution < -0.4 is 0 Å². The van der Waals surface area contributed by atoms with Gasteiger partial charge in [0.2, 0.25) is 0 Å². The fourth-order valence-corrected chi connectivity index (χ4v) is 2.23. The molecule has 0 aliphatic heterocycles. The molecule has 5 heteroatoms. The maximum atomic E-state index is 14.0. The van der Waals surface area contributed by atoms with Crippen LogP contribution in [0.1, 0.15) is 6.92 Å². The van der Waals surface area contributed by atoms with E-state index in [1.807, 2.05) is 6.92 Å². The second-order valence-electron chi connectivity index (χ2n) is 4.58. The van der Waals surface area contributed by atoms with Crippen molar-refractivity contribution in [2.75, 3.05) is 0 Å². The molecule has 0 saturated heterocycles. The van der Waals surface area contributed by atoms with Crippen LogP contribution in [0.2, 0.25) is 0 Å². The van der Waals surface area contributed by atoms with E-state index in [0.717, 1.165) is 5.56 Å². The van der Waals surface area contributed by atoms with Gasteiger partial charge in [-0.05, 0) is 36.8 Å². The van der Waals surface area contributed by atoms with Gasteiger partial charge in [0.25, 0.3) is 0 Å². The number of aryl methyl sites for hydroxylation is 1. The quantitative estimate of drug-likeness (QED) is 0.730. The summed E-state index contributed by atoms with van der Waals surface area (Å²) in [7, 11) is 0. The summed E-state index contributed by atoms with van der Waals surface area (Å²) in [5.74, 6) is -1.24. The molecule has 3 aromatic rings. The van der Waals surface area contributed by atoms with Crippen molar-refractivity contribution in [1.29, 1.82) is 0 Å². The summed E-state index contributed by atoms with van der Waals surface area (Å²) in [5, 5.41) is 4.31. The van der Waals surface area contributed by atoms with Gasteiger partial charge in [0, 0.05) is 30.7 Å². The Balaban J connectivity index is 2.26. The molecule has 0 aliphatic carbocycles. The molecule has 0 atom stereocenters. The summed E-state index contributed by atoms with van der Waals surface area (Å²) in [6, 6.07) is 7.40. The van der Waals surface area contributed by atoms with Crippen molar-refractivity contribution in [2.24, 2.45) is 0 Å². The molecule has 0 unspecified atom stereocenters. The number of hydrogen-bond donors (Lipinski definition) is 0. The van der Waals surface area contributed by atoms with Crippen LogP contribution in [-0.2, 0) is 6.54 Å². The third kappa shape index (κ3) is 2.42. The first-order chi connectivity index (χ1) is 10.2. The molecule has 3 rings (SSSR count). The highest BCUT2D eigenvalue weighted by Gasteiger charge is 2.19. The molecule has 0 N–H and O–H groups in total. The SMILES string of the molecule is CCn1cc(-c2ccncc2)c(-c2c(F)cccc2F)n1. The normalized spacial score (nSPS) is 10.8. The Hall–Kier alpha value is -2.56. The zero-order chi connectivity index (χ0) is 14.8. The van der Waals surface area contributed by atoms with E-state index in [4.69, 9.17) is 0 Å². The predicted octanol–water partition coefficient (Wildman–Crippen LogP) is 3.91. The Morgan fingerprint density at radius 1 is 1.05 bits per heavy atom. The second kappa shape index (κ2) is 5.44. The van der Waals surface area contributed by atoms with E-state index in [-0.39, 0.29) is 5.56 Å². The number of hydrogen-bond acceptors (Lipinski definition) is 2. The van der Waals surface area contributed by atoms with Gasteiger partial charge in [0.05, 0.1) is 5.56 Å². The van der Waals surface area contributed by atoms with Crippen molar-refractivity contribution in [1.82, 2.24) is 14.8 Å². The highest BCUT2D eigenvalue weighted by Crippen LogP contribution is 2.33. The molecule has 1 aromatic carbocycles. The van der Waals surface area contributed by atoms with Gasteiger partial charge in [-0.3, -0.25) is 9.67 Å². The van der Waals surface area contributed by atoms with E-state index in [9.17, 15) is 8.78 Å². The molecular formula is C16H13F2N3. The fraction of sp³-hybridized carbons (Fsp3) is 0.125. The number of nitrogens with zero attached hydrogens (tertiary/aromatic N) is 3. The molecule has 0 fully saturated rings. The second-order valence-corrected chi connectivity index (χ2v) is 4.58. The third-order valence-corrected chi connectivity index (χ3v) is 3.28. The van der Waals surface area contributed by atoms with Crippen molar-refractivity contribution < 1.29 is 8.78 Å². The van der Waals surface area contributed by atoms with Gasteiger partial charge in [-0.1, -0.05) is 6.07 Å². The number of aromatic nitrogens is 3. The van der Waals surface area contributed by atoms with Crippen molar-refractivity contribution in [3.05, 3.63) is 60.6 Å². The lowest BCUT2D eigenvalue weighted by molar-refractivity contribution is 0.586. The van der Waals surface area contributed by atoms with E-state index < -0.39 is 11.6 Å². The molecule has 0 spiro atoms. The highest BCUT2D eigenvalue weighted by molar-refractivity contribution is 5.80. The minimum atomic E-state index is -0.619. The molecule has 0 radical (unpaired) electrons. The largest absolute Gasteiger partial charge is 0.272 e. The molecule has 21 heavy (non-hydrogen) atoms. The van der Waals surface area contributed by atoms with Gasteiger partial charge in [0.1, 0.15) is 17.3 Å². The topological polar surface area (TPSA) is 30.7 Å². The Morgan fingerprint density at radius 3 is 2.33 bits per heavy atom. The first-order valence-electron chi connectivity index (χ1n) is 6.63. The van der Waals surface area contributed by atoms with E-state index in [2.05, 4.69) is 10.1 Å². The molecule has 3 nitrogen and oxygen atoms in total. The van der Waals surface area contributed by atoms with Crippen LogP contribution in [0.25, 0.3) is 22.4 Å². The van der Waals surface area contributed by atoms with Crippen LogP contribution in [0.5, 0.6) is 0 Å². The van der Waals surface area contributed by atoms with Gasteiger partial charge in [-0.25, -0.2) is 8.78 Å². The Labute approximate surface area is 120 Å². The first-order valence-corrected chi connectivity index (χ1v) is 6.63.